The predicted molar refractivity (Wildman–Crippen MR) is 126 cm³/mol. The number of aromatic nitrogens is 2. The smallest absolute Gasteiger partial charge is 0.280 e. The molecule has 0 bridgehead atoms. The Kier molecular flexibility index (Phi) is 5.54. The normalized spacial score (nSPS) is 17.7. The summed E-state index contributed by atoms with van der Waals surface area (Å²) in [6.07, 6.45) is 5.26. The lowest BCUT2D eigenvalue weighted by Gasteiger charge is -2.26. The third-order valence-electron chi connectivity index (χ3n) is 5.56. The Bertz CT molecular complexity index is 1300. The molecule has 33 heavy (non-hydrogen) atoms. The zero-order valence-corrected chi connectivity index (χ0v) is 18.2. The van der Waals surface area contributed by atoms with Crippen molar-refractivity contribution in [3.63, 3.8) is 0 Å². The molecule has 8 nitrogen and oxygen atoms in total. The van der Waals surface area contributed by atoms with E-state index in [-0.39, 0.29) is 17.8 Å². The summed E-state index contributed by atoms with van der Waals surface area (Å²) in [6.45, 7) is 0.523. The highest BCUT2D eigenvalue weighted by atomic mass is 32.1. The van der Waals surface area contributed by atoms with Gasteiger partial charge in [0.15, 0.2) is 5.11 Å². The van der Waals surface area contributed by atoms with Crippen molar-refractivity contribution in [2.75, 3.05) is 0 Å². The quantitative estimate of drug-likeness (QED) is 0.250. The highest BCUT2D eigenvalue weighted by Crippen LogP contribution is 2.42. The van der Waals surface area contributed by atoms with Crippen molar-refractivity contribution in [2.45, 2.75) is 18.6 Å². The zero-order chi connectivity index (χ0) is 22.8. The van der Waals surface area contributed by atoms with Crippen LogP contribution in [0.1, 0.15) is 29.1 Å². The Balaban J connectivity index is 1.56. The molecular formula is C24H19N5O3S. The van der Waals surface area contributed by atoms with Gasteiger partial charge in [0.05, 0.1) is 22.2 Å². The molecule has 5 rings (SSSR count). The van der Waals surface area contributed by atoms with Gasteiger partial charge in [-0.1, -0.05) is 24.3 Å². The van der Waals surface area contributed by atoms with Crippen molar-refractivity contribution in [3.05, 3.63) is 112 Å². The van der Waals surface area contributed by atoms with Gasteiger partial charge in [0.2, 0.25) is 0 Å². The molecule has 4 heterocycles. The number of para-hydroxylation sites is 1. The second kappa shape index (κ2) is 8.79. The first-order valence-electron chi connectivity index (χ1n) is 10.3. The Morgan fingerprint density at radius 3 is 2.67 bits per heavy atom. The molecule has 3 aromatic heterocycles. The van der Waals surface area contributed by atoms with Gasteiger partial charge in [-0.25, -0.2) is 0 Å². The SMILES string of the molecule is O=[N+]([O-])c1ccccc1-c1ccc([C@H]2[C@@H](c3ccccn3)NC(=S)N2Cc2cccnc2)o1. The molecule has 9 heteroatoms. The van der Waals surface area contributed by atoms with E-state index in [9.17, 15) is 10.1 Å². The van der Waals surface area contributed by atoms with Crippen molar-refractivity contribution in [3.8, 4) is 11.3 Å². The minimum atomic E-state index is -0.408. The Hall–Kier alpha value is -4.11. The van der Waals surface area contributed by atoms with E-state index < -0.39 is 4.92 Å². The van der Waals surface area contributed by atoms with Crippen LogP contribution in [0.25, 0.3) is 11.3 Å². The Morgan fingerprint density at radius 1 is 1.06 bits per heavy atom. The topological polar surface area (TPSA) is 97.3 Å². The van der Waals surface area contributed by atoms with Crippen LogP contribution in [0.3, 0.4) is 0 Å². The van der Waals surface area contributed by atoms with Gasteiger partial charge in [0.1, 0.15) is 17.6 Å². The van der Waals surface area contributed by atoms with Crippen LogP contribution in [-0.2, 0) is 6.54 Å². The molecule has 1 saturated heterocycles. The Morgan fingerprint density at radius 2 is 1.91 bits per heavy atom. The standard InChI is InChI=1S/C24H19N5O3S/c30-29(31)19-9-2-1-7-17(19)20-10-11-21(32-20)23-22(18-8-3-4-13-26-18)27-24(33)28(23)15-16-6-5-12-25-14-16/h1-14,22-23H,15H2,(H,27,33)/t22-,23+/m1/s1. The van der Waals surface area contributed by atoms with Gasteiger partial charge in [-0.15, -0.1) is 0 Å². The first-order valence-corrected chi connectivity index (χ1v) is 10.7. The fraction of sp³-hybridized carbons (Fsp3) is 0.125. The predicted octanol–water partition coefficient (Wildman–Crippen LogP) is 4.82. The van der Waals surface area contributed by atoms with E-state index in [0.717, 1.165) is 11.3 Å². The maximum Gasteiger partial charge on any atom is 0.280 e. The monoisotopic (exact) mass is 457 g/mol. The molecule has 164 valence electrons. The number of benzene rings is 1. The van der Waals surface area contributed by atoms with E-state index in [2.05, 4.69) is 15.3 Å². The molecule has 4 aromatic rings. The summed E-state index contributed by atoms with van der Waals surface area (Å²) in [6, 6.07) is 19.2. The van der Waals surface area contributed by atoms with Gasteiger partial charge in [0.25, 0.3) is 5.69 Å². The van der Waals surface area contributed by atoms with E-state index >= 15 is 0 Å². The summed E-state index contributed by atoms with van der Waals surface area (Å²) in [5, 5.41) is 15.5. The van der Waals surface area contributed by atoms with Gasteiger partial charge >= 0.3 is 0 Å². The molecule has 1 aliphatic heterocycles. The number of nitro groups is 1. The molecule has 0 amide bonds. The van der Waals surface area contributed by atoms with Crippen molar-refractivity contribution < 1.29 is 9.34 Å². The third-order valence-corrected chi connectivity index (χ3v) is 5.91. The maximum absolute atomic E-state index is 11.5. The summed E-state index contributed by atoms with van der Waals surface area (Å²) >= 11 is 5.68. The molecule has 0 unspecified atom stereocenters. The Labute approximate surface area is 195 Å². The molecule has 1 N–H and O–H groups in total. The van der Waals surface area contributed by atoms with Crippen LogP contribution >= 0.6 is 12.2 Å². The van der Waals surface area contributed by atoms with Crippen molar-refractivity contribution >= 4 is 23.0 Å². The molecular weight excluding hydrogens is 438 g/mol. The summed E-state index contributed by atoms with van der Waals surface area (Å²) < 4.78 is 6.22. The highest BCUT2D eigenvalue weighted by Gasteiger charge is 2.41. The number of hydrogen-bond donors (Lipinski definition) is 1. The van der Waals surface area contributed by atoms with Crippen LogP contribution in [-0.4, -0.2) is 24.9 Å². The van der Waals surface area contributed by atoms with Crippen LogP contribution in [0, 0.1) is 10.1 Å². The van der Waals surface area contributed by atoms with E-state index in [1.165, 1.54) is 6.07 Å². The number of thiocarbonyl (C=S) groups is 1. The number of hydrogen-bond acceptors (Lipinski definition) is 6. The summed E-state index contributed by atoms with van der Waals surface area (Å²) in [4.78, 5) is 21.9. The summed E-state index contributed by atoms with van der Waals surface area (Å²) in [5.74, 6) is 1.06. The van der Waals surface area contributed by atoms with E-state index in [1.807, 2.05) is 41.3 Å². The molecule has 0 aliphatic carbocycles. The number of nitrogens with zero attached hydrogens (tertiary/aromatic N) is 4. The first-order chi connectivity index (χ1) is 16.1. The highest BCUT2D eigenvalue weighted by molar-refractivity contribution is 7.80. The van der Waals surface area contributed by atoms with Gasteiger partial charge in [-0.05, 0) is 54.2 Å². The number of rotatable bonds is 6. The molecule has 0 saturated carbocycles. The van der Waals surface area contributed by atoms with Crippen LogP contribution < -0.4 is 5.32 Å². The molecule has 1 fully saturated rings. The maximum atomic E-state index is 11.5. The zero-order valence-electron chi connectivity index (χ0n) is 17.4. The van der Waals surface area contributed by atoms with Crippen LogP contribution in [0.4, 0.5) is 5.69 Å². The van der Waals surface area contributed by atoms with Crippen molar-refractivity contribution in [1.82, 2.24) is 20.2 Å². The fourth-order valence-electron chi connectivity index (χ4n) is 4.07. The van der Waals surface area contributed by atoms with Crippen molar-refractivity contribution in [2.24, 2.45) is 0 Å². The lowest BCUT2D eigenvalue weighted by molar-refractivity contribution is -0.384. The van der Waals surface area contributed by atoms with E-state index in [0.29, 0.717) is 28.7 Å². The van der Waals surface area contributed by atoms with Crippen LogP contribution in [0.2, 0.25) is 0 Å². The lowest BCUT2D eigenvalue weighted by atomic mass is 10.0. The number of furan rings is 1. The first kappa shape index (κ1) is 20.8. The second-order valence-corrected chi connectivity index (χ2v) is 7.98. The van der Waals surface area contributed by atoms with E-state index in [1.54, 1.807) is 42.9 Å². The number of nitro benzene ring substituents is 1. The second-order valence-electron chi connectivity index (χ2n) is 7.59. The van der Waals surface area contributed by atoms with Gasteiger partial charge < -0.3 is 14.6 Å². The molecule has 0 spiro atoms. The average molecular weight is 458 g/mol. The lowest BCUT2D eigenvalue weighted by Crippen LogP contribution is -2.29. The van der Waals surface area contributed by atoms with E-state index in [4.69, 9.17) is 16.6 Å². The molecule has 2 atom stereocenters. The molecule has 1 aliphatic rings. The van der Waals surface area contributed by atoms with Gasteiger partial charge in [-0.3, -0.25) is 20.1 Å². The molecule has 1 aromatic carbocycles. The minimum absolute atomic E-state index is 0.00744. The van der Waals surface area contributed by atoms with Gasteiger partial charge in [-0.2, -0.15) is 0 Å². The minimum Gasteiger partial charge on any atom is -0.459 e. The van der Waals surface area contributed by atoms with Crippen molar-refractivity contribution in [1.29, 1.82) is 0 Å². The summed E-state index contributed by atoms with van der Waals surface area (Å²) in [7, 11) is 0. The van der Waals surface area contributed by atoms with Crippen LogP contribution in [0.5, 0.6) is 0 Å². The number of nitrogens with one attached hydrogen (secondary N) is 1. The van der Waals surface area contributed by atoms with Crippen LogP contribution in [0.15, 0.2) is 89.7 Å². The van der Waals surface area contributed by atoms with Gasteiger partial charge in [0, 0.05) is 31.2 Å². The average Bonchev–Trinajstić information content (AvgIpc) is 3.45. The fourth-order valence-corrected chi connectivity index (χ4v) is 4.38. The summed E-state index contributed by atoms with van der Waals surface area (Å²) in [5.41, 5.74) is 2.24. The largest absolute Gasteiger partial charge is 0.459 e. The molecule has 0 radical (unpaired) electrons. The third kappa shape index (κ3) is 4.06. The number of pyridine rings is 2.